The molecule has 1 aromatic carbocycles. The van der Waals surface area contributed by atoms with Gasteiger partial charge in [-0.2, -0.15) is 0 Å². The molecule has 4 nitrogen and oxygen atoms in total. The van der Waals surface area contributed by atoms with Crippen molar-refractivity contribution in [3.05, 3.63) is 29.8 Å². The van der Waals surface area contributed by atoms with Crippen LogP contribution in [0.3, 0.4) is 0 Å². The largest absolute Gasteiger partial charge is 0.339 e. The first-order valence-corrected chi connectivity index (χ1v) is 7.79. The number of rotatable bonds is 3. The summed E-state index contributed by atoms with van der Waals surface area (Å²) in [6.07, 6.45) is 0.577. The lowest BCUT2D eigenvalue weighted by Crippen LogP contribution is -2.50. The van der Waals surface area contributed by atoms with E-state index in [0.717, 1.165) is 0 Å². The SMILES string of the molecule is CC(C)CC(=O)N1CCN(C(=O)c2ccccc2S)CC1. The fourth-order valence-corrected chi connectivity index (χ4v) is 2.72. The van der Waals surface area contributed by atoms with E-state index in [1.54, 1.807) is 11.0 Å². The standard InChI is InChI=1S/C16H22N2O2S/c1-12(2)11-15(19)17-7-9-18(10-8-17)16(20)13-5-3-4-6-14(13)21/h3-6,12,21H,7-11H2,1-2H3. The van der Waals surface area contributed by atoms with Gasteiger partial charge < -0.3 is 9.80 Å². The molecule has 0 spiro atoms. The molecule has 0 unspecified atom stereocenters. The monoisotopic (exact) mass is 306 g/mol. The van der Waals surface area contributed by atoms with Crippen LogP contribution >= 0.6 is 12.6 Å². The Morgan fingerprint density at radius 1 is 1.10 bits per heavy atom. The number of thiol groups is 1. The average Bonchev–Trinajstić information content (AvgIpc) is 2.46. The van der Waals surface area contributed by atoms with E-state index in [1.807, 2.05) is 36.9 Å². The summed E-state index contributed by atoms with van der Waals surface area (Å²) >= 11 is 4.33. The van der Waals surface area contributed by atoms with Gasteiger partial charge in [0.25, 0.3) is 5.91 Å². The van der Waals surface area contributed by atoms with E-state index in [9.17, 15) is 9.59 Å². The molecule has 0 aliphatic carbocycles. The highest BCUT2D eigenvalue weighted by molar-refractivity contribution is 7.80. The van der Waals surface area contributed by atoms with E-state index in [1.165, 1.54) is 0 Å². The van der Waals surface area contributed by atoms with Crippen molar-refractivity contribution in [1.82, 2.24) is 9.80 Å². The van der Waals surface area contributed by atoms with Crippen molar-refractivity contribution >= 4 is 24.4 Å². The molecule has 2 rings (SSSR count). The lowest BCUT2D eigenvalue weighted by molar-refractivity contribution is -0.133. The van der Waals surface area contributed by atoms with E-state index >= 15 is 0 Å². The molecule has 1 aliphatic rings. The first kappa shape index (κ1) is 15.9. The molecule has 0 atom stereocenters. The maximum Gasteiger partial charge on any atom is 0.255 e. The van der Waals surface area contributed by atoms with Gasteiger partial charge in [0.05, 0.1) is 5.56 Å². The van der Waals surface area contributed by atoms with Gasteiger partial charge in [0, 0.05) is 37.5 Å². The normalized spacial score (nSPS) is 15.4. The number of hydrogen-bond donors (Lipinski definition) is 1. The molecule has 1 saturated heterocycles. The van der Waals surface area contributed by atoms with Gasteiger partial charge in [-0.05, 0) is 18.1 Å². The smallest absolute Gasteiger partial charge is 0.255 e. The summed E-state index contributed by atoms with van der Waals surface area (Å²) in [6, 6.07) is 7.32. The van der Waals surface area contributed by atoms with Crippen LogP contribution < -0.4 is 0 Å². The predicted octanol–water partition coefficient (Wildman–Crippen LogP) is 2.31. The number of piperazine rings is 1. The van der Waals surface area contributed by atoms with E-state index in [4.69, 9.17) is 0 Å². The van der Waals surface area contributed by atoms with Crippen molar-refractivity contribution in [3.63, 3.8) is 0 Å². The quantitative estimate of drug-likeness (QED) is 0.871. The molecule has 0 aromatic heterocycles. The van der Waals surface area contributed by atoms with Crippen molar-refractivity contribution in [2.24, 2.45) is 5.92 Å². The second-order valence-electron chi connectivity index (χ2n) is 5.79. The Bertz CT molecular complexity index is 523. The second kappa shape index (κ2) is 6.98. The molecular formula is C16H22N2O2S. The van der Waals surface area contributed by atoms with Crippen molar-refractivity contribution in [3.8, 4) is 0 Å². The van der Waals surface area contributed by atoms with Crippen molar-refractivity contribution < 1.29 is 9.59 Å². The Labute approximate surface area is 131 Å². The van der Waals surface area contributed by atoms with Gasteiger partial charge in [-0.15, -0.1) is 12.6 Å². The summed E-state index contributed by atoms with van der Waals surface area (Å²) in [4.78, 5) is 28.8. The van der Waals surface area contributed by atoms with Crippen LogP contribution in [0.4, 0.5) is 0 Å². The molecule has 0 saturated carbocycles. The molecule has 1 aliphatic heterocycles. The Hall–Kier alpha value is -1.49. The third-order valence-electron chi connectivity index (χ3n) is 3.64. The number of amides is 2. The van der Waals surface area contributed by atoms with Crippen LogP contribution in [0.25, 0.3) is 0 Å². The third kappa shape index (κ3) is 4.00. The third-order valence-corrected chi connectivity index (χ3v) is 4.03. The zero-order chi connectivity index (χ0) is 15.4. The van der Waals surface area contributed by atoms with Crippen LogP contribution in [0, 0.1) is 5.92 Å². The van der Waals surface area contributed by atoms with Crippen LogP contribution in [-0.2, 0) is 4.79 Å². The van der Waals surface area contributed by atoms with Gasteiger partial charge in [0.15, 0.2) is 0 Å². The zero-order valence-corrected chi connectivity index (χ0v) is 13.5. The van der Waals surface area contributed by atoms with Gasteiger partial charge >= 0.3 is 0 Å². The minimum Gasteiger partial charge on any atom is -0.339 e. The number of nitrogens with zero attached hydrogens (tertiary/aromatic N) is 2. The highest BCUT2D eigenvalue weighted by Crippen LogP contribution is 2.17. The molecule has 1 aromatic rings. The Morgan fingerprint density at radius 2 is 1.67 bits per heavy atom. The molecule has 21 heavy (non-hydrogen) atoms. The lowest BCUT2D eigenvalue weighted by atomic mass is 10.1. The Morgan fingerprint density at radius 3 is 2.24 bits per heavy atom. The van der Waals surface area contributed by atoms with E-state index in [2.05, 4.69) is 12.6 Å². The fourth-order valence-electron chi connectivity index (χ4n) is 2.46. The molecular weight excluding hydrogens is 284 g/mol. The van der Waals surface area contributed by atoms with Crippen molar-refractivity contribution in [1.29, 1.82) is 0 Å². The topological polar surface area (TPSA) is 40.6 Å². The van der Waals surface area contributed by atoms with E-state index in [0.29, 0.717) is 49.0 Å². The molecule has 114 valence electrons. The average molecular weight is 306 g/mol. The van der Waals surface area contributed by atoms with Crippen LogP contribution in [0.1, 0.15) is 30.6 Å². The van der Waals surface area contributed by atoms with Gasteiger partial charge in [0.2, 0.25) is 5.91 Å². The highest BCUT2D eigenvalue weighted by atomic mass is 32.1. The van der Waals surface area contributed by atoms with Crippen molar-refractivity contribution in [2.45, 2.75) is 25.2 Å². The molecule has 1 heterocycles. The van der Waals surface area contributed by atoms with Gasteiger partial charge in [-0.3, -0.25) is 9.59 Å². The van der Waals surface area contributed by atoms with Crippen LogP contribution in [0.2, 0.25) is 0 Å². The molecule has 5 heteroatoms. The predicted molar refractivity (Wildman–Crippen MR) is 85.6 cm³/mol. The summed E-state index contributed by atoms with van der Waals surface area (Å²) in [5.74, 6) is 0.552. The Balaban J connectivity index is 1.94. The fraction of sp³-hybridized carbons (Fsp3) is 0.500. The first-order chi connectivity index (χ1) is 9.99. The molecule has 0 N–H and O–H groups in total. The molecule has 1 fully saturated rings. The van der Waals surface area contributed by atoms with Crippen LogP contribution in [0.5, 0.6) is 0 Å². The summed E-state index contributed by atoms with van der Waals surface area (Å²) in [5, 5.41) is 0. The maximum atomic E-state index is 12.4. The van der Waals surface area contributed by atoms with Crippen LogP contribution in [0.15, 0.2) is 29.2 Å². The molecule has 0 radical (unpaired) electrons. The van der Waals surface area contributed by atoms with Gasteiger partial charge in [0.1, 0.15) is 0 Å². The number of carbonyl (C=O) groups excluding carboxylic acids is 2. The minimum absolute atomic E-state index is 0.00319. The number of hydrogen-bond acceptors (Lipinski definition) is 3. The summed E-state index contributed by atoms with van der Waals surface area (Å²) in [5.41, 5.74) is 0.628. The van der Waals surface area contributed by atoms with Gasteiger partial charge in [-0.1, -0.05) is 26.0 Å². The summed E-state index contributed by atoms with van der Waals surface area (Å²) in [6.45, 7) is 6.50. The maximum absolute atomic E-state index is 12.4. The van der Waals surface area contributed by atoms with Crippen molar-refractivity contribution in [2.75, 3.05) is 26.2 Å². The van der Waals surface area contributed by atoms with Gasteiger partial charge in [-0.25, -0.2) is 0 Å². The zero-order valence-electron chi connectivity index (χ0n) is 12.6. The number of benzene rings is 1. The van der Waals surface area contributed by atoms with Crippen LogP contribution in [-0.4, -0.2) is 47.8 Å². The minimum atomic E-state index is -0.00319. The second-order valence-corrected chi connectivity index (χ2v) is 6.27. The first-order valence-electron chi connectivity index (χ1n) is 7.34. The molecule has 2 amide bonds. The van der Waals surface area contributed by atoms with E-state index in [-0.39, 0.29) is 11.8 Å². The molecule has 0 bridgehead atoms. The van der Waals surface area contributed by atoms with E-state index < -0.39 is 0 Å². The summed E-state index contributed by atoms with van der Waals surface area (Å²) < 4.78 is 0. The number of carbonyl (C=O) groups is 2. The Kier molecular flexibility index (Phi) is 5.28. The summed E-state index contributed by atoms with van der Waals surface area (Å²) in [7, 11) is 0. The highest BCUT2D eigenvalue weighted by Gasteiger charge is 2.25. The lowest BCUT2D eigenvalue weighted by Gasteiger charge is -2.35.